The van der Waals surface area contributed by atoms with Crippen LogP contribution >= 0.6 is 7.14 Å². The second-order valence-electron chi connectivity index (χ2n) is 7.40. The van der Waals surface area contributed by atoms with E-state index in [9.17, 15) is 4.57 Å². The molecule has 0 N–H and O–H groups in total. The van der Waals surface area contributed by atoms with Gasteiger partial charge >= 0.3 is 17.1 Å². The second kappa shape index (κ2) is 11.6. The van der Waals surface area contributed by atoms with E-state index in [1.165, 1.54) is 69.9 Å². The van der Waals surface area contributed by atoms with E-state index in [1.807, 2.05) is 32.1 Å². The average molecular weight is 398 g/mol. The van der Waals surface area contributed by atoms with Crippen LogP contribution in [0.3, 0.4) is 0 Å². The predicted molar refractivity (Wildman–Crippen MR) is 103 cm³/mol. The Morgan fingerprint density at radius 3 is 1.32 bits per heavy atom. The molecule has 0 aromatic carbocycles. The zero-order valence-electron chi connectivity index (χ0n) is 15.1. The van der Waals surface area contributed by atoms with Crippen LogP contribution in [0, 0.1) is 63.4 Å². The molecule has 4 aliphatic rings. The first-order valence-electron chi connectivity index (χ1n) is 9.80. The van der Waals surface area contributed by atoms with Crippen molar-refractivity contribution in [3.05, 3.63) is 63.4 Å². The quantitative estimate of drug-likeness (QED) is 0.397. The van der Waals surface area contributed by atoms with E-state index in [2.05, 4.69) is 25.7 Å². The van der Waals surface area contributed by atoms with Crippen molar-refractivity contribution < 1.29 is 21.6 Å². The van der Waals surface area contributed by atoms with Crippen LogP contribution in [0.2, 0.25) is 0 Å². The number of hydrogen-bond donors (Lipinski definition) is 0. The van der Waals surface area contributed by atoms with Crippen molar-refractivity contribution in [3.63, 3.8) is 0 Å². The van der Waals surface area contributed by atoms with E-state index in [0.29, 0.717) is 11.3 Å². The summed E-state index contributed by atoms with van der Waals surface area (Å²) in [6.07, 6.45) is 31.1. The molecule has 4 aliphatic carbocycles. The maximum Gasteiger partial charge on any atom is 2.00 e. The third-order valence-corrected chi connectivity index (χ3v) is 10.1. The van der Waals surface area contributed by atoms with Crippen LogP contribution in [0.25, 0.3) is 0 Å². The van der Waals surface area contributed by atoms with Gasteiger partial charge in [-0.2, -0.15) is 0 Å². The van der Waals surface area contributed by atoms with Gasteiger partial charge in [-0.05, 0) is 83.5 Å². The van der Waals surface area contributed by atoms with Gasteiger partial charge in [0.25, 0.3) is 0 Å². The Morgan fingerprint density at radius 1 is 0.600 bits per heavy atom. The van der Waals surface area contributed by atoms with Gasteiger partial charge in [0.1, 0.15) is 7.14 Å². The monoisotopic (exact) mass is 398 g/mol. The standard InChI is InChI=1S/C17H26OP.C5H5.Fe/c18-19(17-13-7-8-14-17,15-9-3-1-4-10-15)16-11-5-2-6-12-16;1-2-4-5-3-1;/h7-8,13-16H,1-6,9-12H2;1-5H;/q;;+2. The molecule has 10 radical (unpaired) electrons. The van der Waals surface area contributed by atoms with Crippen molar-refractivity contribution in [3.8, 4) is 0 Å². The summed E-state index contributed by atoms with van der Waals surface area (Å²) in [6, 6.07) is 0. The Kier molecular flexibility index (Phi) is 10.2. The molecule has 0 atom stereocenters. The van der Waals surface area contributed by atoms with Gasteiger partial charge in [0, 0.05) is 17.0 Å². The van der Waals surface area contributed by atoms with E-state index in [1.54, 1.807) is 0 Å². The molecule has 0 aromatic rings. The molecule has 3 heteroatoms. The van der Waals surface area contributed by atoms with Gasteiger partial charge in [-0.3, -0.25) is 0 Å². The topological polar surface area (TPSA) is 17.1 Å². The summed E-state index contributed by atoms with van der Waals surface area (Å²) >= 11 is 0. The Morgan fingerprint density at radius 2 is 0.960 bits per heavy atom. The van der Waals surface area contributed by atoms with Crippen LogP contribution in [0.15, 0.2) is 0 Å². The van der Waals surface area contributed by atoms with Crippen LogP contribution < -0.4 is 0 Å². The molecule has 0 bridgehead atoms. The molecule has 0 amide bonds. The zero-order valence-corrected chi connectivity index (χ0v) is 17.1. The van der Waals surface area contributed by atoms with E-state index in [-0.39, 0.29) is 17.1 Å². The van der Waals surface area contributed by atoms with Gasteiger partial charge < -0.3 is 4.57 Å². The molecular weight excluding hydrogens is 367 g/mol. The molecule has 0 aromatic heterocycles. The third kappa shape index (κ3) is 5.86. The van der Waals surface area contributed by atoms with Crippen molar-refractivity contribution in [2.24, 2.45) is 0 Å². The fraction of sp³-hybridized carbons (Fsp3) is 0.545. The molecule has 0 aliphatic heterocycles. The normalized spacial score (nSPS) is 26.7. The molecule has 4 saturated carbocycles. The Labute approximate surface area is 167 Å². The van der Waals surface area contributed by atoms with Crippen molar-refractivity contribution >= 4 is 7.14 Å². The minimum absolute atomic E-state index is 0. The number of hydrogen-bond acceptors (Lipinski definition) is 1. The summed E-state index contributed by atoms with van der Waals surface area (Å²) in [4.78, 5) is 0. The summed E-state index contributed by atoms with van der Waals surface area (Å²) in [5, 5.41) is 0. The first-order chi connectivity index (χ1) is 11.8. The minimum atomic E-state index is -2.17. The van der Waals surface area contributed by atoms with Gasteiger partial charge in [-0.25, -0.2) is 0 Å². The summed E-state index contributed by atoms with van der Waals surface area (Å²) in [7, 11) is -2.17. The minimum Gasteiger partial charge on any atom is -0.322 e. The first-order valence-corrected chi connectivity index (χ1v) is 11.6. The first kappa shape index (κ1) is 22.0. The molecule has 1 nitrogen and oxygen atoms in total. The maximum absolute atomic E-state index is 14.0. The third-order valence-electron chi connectivity index (χ3n) is 5.84. The van der Waals surface area contributed by atoms with Crippen molar-refractivity contribution in [2.45, 2.75) is 75.5 Å². The molecule has 4 rings (SSSR count). The van der Waals surface area contributed by atoms with Crippen molar-refractivity contribution in [1.29, 1.82) is 0 Å². The maximum atomic E-state index is 14.0. The van der Waals surface area contributed by atoms with Gasteiger partial charge in [0.05, 0.1) is 0 Å². The fourth-order valence-corrected chi connectivity index (χ4v) is 8.91. The molecule has 0 saturated heterocycles. The zero-order chi connectivity index (χ0) is 16.7. The van der Waals surface area contributed by atoms with Crippen LogP contribution in [-0.2, 0) is 21.6 Å². The fourth-order valence-electron chi connectivity index (χ4n) is 4.57. The van der Waals surface area contributed by atoms with Crippen LogP contribution in [-0.4, -0.2) is 11.3 Å². The van der Waals surface area contributed by atoms with E-state index < -0.39 is 7.14 Å². The van der Waals surface area contributed by atoms with Crippen LogP contribution in [0.5, 0.6) is 0 Å². The predicted octanol–water partition coefficient (Wildman–Crippen LogP) is 6.40. The summed E-state index contributed by atoms with van der Waals surface area (Å²) in [6.45, 7) is 0. The van der Waals surface area contributed by atoms with E-state index >= 15 is 0 Å². The Bertz CT molecular complexity index is 359. The smallest absolute Gasteiger partial charge is 0.322 e. The Balaban J connectivity index is 0.000000325. The van der Waals surface area contributed by atoms with Crippen molar-refractivity contribution in [2.75, 3.05) is 0 Å². The van der Waals surface area contributed by atoms with Crippen LogP contribution in [0.1, 0.15) is 64.2 Å². The molecule has 0 unspecified atom stereocenters. The SMILES string of the molecule is O=P([C]1[CH][CH][CH][CH]1)(C1CCCCC1)C1CCCCC1.[CH]1[CH][CH][CH][CH]1.[Fe+2]. The Hall–Kier alpha value is 0.749. The number of rotatable bonds is 3. The summed E-state index contributed by atoms with van der Waals surface area (Å²) < 4.78 is 14.0. The summed E-state index contributed by atoms with van der Waals surface area (Å²) in [5.41, 5.74) is 2.19. The van der Waals surface area contributed by atoms with Gasteiger partial charge in [-0.1, -0.05) is 38.5 Å². The van der Waals surface area contributed by atoms with Gasteiger partial charge in [0.2, 0.25) is 0 Å². The molecular formula is C22H31FeOP+2. The van der Waals surface area contributed by atoms with Crippen molar-refractivity contribution in [1.82, 2.24) is 0 Å². The molecule has 0 spiro atoms. The average Bonchev–Trinajstić information content (AvgIpc) is 3.38. The molecule has 4 fully saturated rings. The second-order valence-corrected chi connectivity index (χ2v) is 10.8. The largest absolute Gasteiger partial charge is 2.00 e. The van der Waals surface area contributed by atoms with Gasteiger partial charge in [-0.15, -0.1) is 0 Å². The summed E-state index contributed by atoms with van der Waals surface area (Å²) in [5.74, 6) is 0. The van der Waals surface area contributed by atoms with E-state index in [4.69, 9.17) is 0 Å². The molecule has 0 heterocycles. The van der Waals surface area contributed by atoms with Crippen LogP contribution in [0.4, 0.5) is 0 Å². The molecule has 25 heavy (non-hydrogen) atoms. The van der Waals surface area contributed by atoms with Gasteiger partial charge in [0.15, 0.2) is 0 Å². The van der Waals surface area contributed by atoms with E-state index in [0.717, 1.165) is 0 Å². The molecule has 136 valence electrons.